The van der Waals surface area contributed by atoms with E-state index in [1.54, 1.807) is 48.5 Å². The van der Waals surface area contributed by atoms with Crippen LogP contribution in [0.2, 0.25) is 5.02 Å². The van der Waals surface area contributed by atoms with Gasteiger partial charge in [-0.1, -0.05) is 17.7 Å². The number of carbonyl (C=O) groups is 1. The molecular formula is C27H24ClNO6. The first kappa shape index (κ1) is 24.2. The highest BCUT2D eigenvalue weighted by molar-refractivity contribution is 6.30. The topological polar surface area (TPSA) is 87.0 Å². The second-order valence-electron chi connectivity index (χ2n) is 7.95. The molecule has 0 saturated carbocycles. The molecule has 0 aliphatic carbocycles. The normalized spacial score (nSPS) is 10.8. The maximum Gasteiger partial charge on any atom is 0.262 e. The minimum atomic E-state index is -0.433. The maximum absolute atomic E-state index is 13.4. The van der Waals surface area contributed by atoms with Crippen molar-refractivity contribution in [3.63, 3.8) is 0 Å². The number of fused-ring (bicyclic) bond motifs is 1. The van der Waals surface area contributed by atoms with Crippen molar-refractivity contribution in [1.29, 1.82) is 0 Å². The summed E-state index contributed by atoms with van der Waals surface area (Å²) >= 11 is 5.99. The minimum Gasteiger partial charge on any atom is -0.493 e. The van der Waals surface area contributed by atoms with E-state index in [9.17, 15) is 9.59 Å². The summed E-state index contributed by atoms with van der Waals surface area (Å²) < 4.78 is 22.6. The summed E-state index contributed by atoms with van der Waals surface area (Å²) in [6.45, 7) is 3.34. The highest BCUT2D eigenvalue weighted by Crippen LogP contribution is 2.37. The molecule has 1 heterocycles. The lowest BCUT2D eigenvalue weighted by molar-refractivity contribution is -0.118. The molecule has 0 fully saturated rings. The third-order valence-electron chi connectivity index (χ3n) is 5.46. The van der Waals surface area contributed by atoms with Gasteiger partial charge in [-0.3, -0.25) is 9.59 Å². The summed E-state index contributed by atoms with van der Waals surface area (Å²) in [5.74, 6) is 0.660. The van der Waals surface area contributed by atoms with Gasteiger partial charge in [-0.15, -0.1) is 0 Å². The van der Waals surface area contributed by atoms with Gasteiger partial charge >= 0.3 is 0 Å². The Labute approximate surface area is 207 Å². The molecule has 0 aliphatic heterocycles. The maximum atomic E-state index is 13.4. The van der Waals surface area contributed by atoms with Crippen molar-refractivity contribution in [2.45, 2.75) is 13.8 Å². The summed E-state index contributed by atoms with van der Waals surface area (Å²) in [7, 11) is 3.05. The van der Waals surface area contributed by atoms with Gasteiger partial charge in [0.1, 0.15) is 5.58 Å². The van der Waals surface area contributed by atoms with E-state index in [1.165, 1.54) is 14.2 Å². The van der Waals surface area contributed by atoms with Gasteiger partial charge in [-0.05, 0) is 73.5 Å². The van der Waals surface area contributed by atoms with Crippen LogP contribution in [0.4, 0.5) is 5.69 Å². The summed E-state index contributed by atoms with van der Waals surface area (Å²) in [6.07, 6.45) is 0. The Morgan fingerprint density at radius 1 is 0.971 bits per heavy atom. The largest absolute Gasteiger partial charge is 0.493 e. The van der Waals surface area contributed by atoms with E-state index in [4.69, 9.17) is 30.2 Å². The van der Waals surface area contributed by atoms with Crippen molar-refractivity contribution >= 4 is 34.2 Å². The van der Waals surface area contributed by atoms with Crippen LogP contribution in [0.3, 0.4) is 0 Å². The molecule has 0 radical (unpaired) electrons. The molecule has 0 unspecified atom stereocenters. The molecule has 7 nitrogen and oxygen atoms in total. The Kier molecular flexibility index (Phi) is 6.98. The standard InChI is InChI=1S/C27H24ClNO6/c1-15-5-8-19-22(11-15)35-26(17-6-10-21(32-3)23(13-17)33-4)27(25(19)31)34-14-24(30)29-20-9-7-18(28)12-16(20)2/h5-13H,14H2,1-4H3,(H,29,30). The summed E-state index contributed by atoms with van der Waals surface area (Å²) in [5, 5.41) is 3.69. The Bertz CT molecular complexity index is 1480. The Morgan fingerprint density at radius 2 is 1.74 bits per heavy atom. The molecule has 180 valence electrons. The van der Waals surface area contributed by atoms with Crippen molar-refractivity contribution in [3.8, 4) is 28.6 Å². The fourth-order valence-electron chi connectivity index (χ4n) is 3.67. The summed E-state index contributed by atoms with van der Waals surface area (Å²) in [6, 6.07) is 15.5. The fraction of sp³-hybridized carbons (Fsp3) is 0.185. The predicted octanol–water partition coefficient (Wildman–Crippen LogP) is 5.76. The minimum absolute atomic E-state index is 0.0726. The second kappa shape index (κ2) is 10.1. The van der Waals surface area contributed by atoms with Gasteiger partial charge in [-0.2, -0.15) is 0 Å². The van der Waals surface area contributed by atoms with Crippen LogP contribution >= 0.6 is 11.6 Å². The Morgan fingerprint density at radius 3 is 2.46 bits per heavy atom. The molecule has 4 rings (SSSR count). The van der Waals surface area contributed by atoms with E-state index >= 15 is 0 Å². The van der Waals surface area contributed by atoms with Gasteiger partial charge in [0.2, 0.25) is 11.2 Å². The molecule has 0 atom stereocenters. The number of nitrogens with one attached hydrogen (secondary N) is 1. The molecule has 8 heteroatoms. The molecule has 0 bridgehead atoms. The third kappa shape index (κ3) is 5.10. The average Bonchev–Trinajstić information content (AvgIpc) is 2.84. The van der Waals surface area contributed by atoms with Crippen molar-refractivity contribution in [2.75, 3.05) is 26.1 Å². The number of benzene rings is 3. The number of amides is 1. The SMILES string of the molecule is COc1ccc(-c2oc3cc(C)ccc3c(=O)c2OCC(=O)Nc2ccc(Cl)cc2C)cc1OC. The van der Waals surface area contributed by atoms with Crippen molar-refractivity contribution < 1.29 is 23.4 Å². The lowest BCUT2D eigenvalue weighted by Gasteiger charge is -2.14. The van der Waals surface area contributed by atoms with Crippen LogP contribution in [0.5, 0.6) is 17.2 Å². The van der Waals surface area contributed by atoms with E-state index in [1.807, 2.05) is 19.9 Å². The zero-order valence-corrected chi connectivity index (χ0v) is 20.5. The highest BCUT2D eigenvalue weighted by atomic mass is 35.5. The Hall–Kier alpha value is -3.97. The lowest BCUT2D eigenvalue weighted by atomic mass is 10.1. The molecule has 0 aliphatic rings. The number of aryl methyl sites for hydroxylation is 2. The van der Waals surface area contributed by atoms with E-state index < -0.39 is 12.5 Å². The van der Waals surface area contributed by atoms with Gasteiger partial charge in [-0.25, -0.2) is 0 Å². The van der Waals surface area contributed by atoms with Crippen LogP contribution in [0.25, 0.3) is 22.3 Å². The molecule has 4 aromatic rings. The van der Waals surface area contributed by atoms with Crippen molar-refractivity contribution in [1.82, 2.24) is 0 Å². The predicted molar refractivity (Wildman–Crippen MR) is 136 cm³/mol. The highest BCUT2D eigenvalue weighted by Gasteiger charge is 2.20. The number of carbonyl (C=O) groups excluding carboxylic acids is 1. The van der Waals surface area contributed by atoms with Crippen molar-refractivity contribution in [3.05, 3.63) is 81.0 Å². The van der Waals surface area contributed by atoms with E-state index in [0.717, 1.165) is 11.1 Å². The van der Waals surface area contributed by atoms with Crippen LogP contribution in [-0.4, -0.2) is 26.7 Å². The first-order valence-corrected chi connectivity index (χ1v) is 11.2. The quantitative estimate of drug-likeness (QED) is 0.352. The average molecular weight is 494 g/mol. The monoisotopic (exact) mass is 493 g/mol. The number of hydrogen-bond acceptors (Lipinski definition) is 6. The lowest BCUT2D eigenvalue weighted by Crippen LogP contribution is -2.23. The van der Waals surface area contributed by atoms with Gasteiger partial charge in [0.15, 0.2) is 23.9 Å². The molecule has 1 amide bonds. The number of anilines is 1. The van der Waals surface area contributed by atoms with Gasteiger partial charge in [0.05, 0.1) is 19.6 Å². The van der Waals surface area contributed by atoms with E-state index in [2.05, 4.69) is 5.32 Å². The molecule has 35 heavy (non-hydrogen) atoms. The number of ether oxygens (including phenoxy) is 3. The van der Waals surface area contributed by atoms with Gasteiger partial charge in [0.25, 0.3) is 5.91 Å². The van der Waals surface area contributed by atoms with Crippen LogP contribution in [-0.2, 0) is 4.79 Å². The summed E-state index contributed by atoms with van der Waals surface area (Å²) in [4.78, 5) is 26.0. The van der Waals surface area contributed by atoms with Crippen molar-refractivity contribution in [2.24, 2.45) is 0 Å². The third-order valence-corrected chi connectivity index (χ3v) is 5.70. The second-order valence-corrected chi connectivity index (χ2v) is 8.39. The molecular weight excluding hydrogens is 470 g/mol. The van der Waals surface area contributed by atoms with Crippen LogP contribution in [0.1, 0.15) is 11.1 Å². The molecule has 1 N–H and O–H groups in total. The van der Waals surface area contributed by atoms with E-state index in [-0.39, 0.29) is 16.9 Å². The van der Waals surface area contributed by atoms with Gasteiger partial charge in [0, 0.05) is 16.3 Å². The van der Waals surface area contributed by atoms with Gasteiger partial charge < -0.3 is 23.9 Å². The van der Waals surface area contributed by atoms with E-state index in [0.29, 0.717) is 38.7 Å². The molecule has 0 spiro atoms. The summed E-state index contributed by atoms with van der Waals surface area (Å²) in [5.41, 5.74) is 2.90. The van der Waals surface area contributed by atoms with Crippen LogP contribution < -0.4 is 25.0 Å². The van der Waals surface area contributed by atoms with Crippen LogP contribution in [0, 0.1) is 13.8 Å². The zero-order valence-electron chi connectivity index (χ0n) is 19.7. The number of methoxy groups -OCH3 is 2. The first-order valence-electron chi connectivity index (χ1n) is 10.8. The van der Waals surface area contributed by atoms with Crippen LogP contribution in [0.15, 0.2) is 63.8 Å². The zero-order chi connectivity index (χ0) is 25.1. The molecule has 3 aromatic carbocycles. The smallest absolute Gasteiger partial charge is 0.262 e. The Balaban J connectivity index is 1.73. The molecule has 1 aromatic heterocycles. The fourth-order valence-corrected chi connectivity index (χ4v) is 3.90. The number of halogens is 1. The molecule has 0 saturated heterocycles. The number of rotatable bonds is 7. The first-order chi connectivity index (χ1) is 16.8. The number of hydrogen-bond donors (Lipinski definition) is 1.